The molecule has 2 heterocycles. The largest absolute Gasteiger partial charge is 0.310 e. The molecular formula is C66H43NS2. The standard InChI is InChI=1S/C66H43NS2/c1-5-17-44(18-6-1)49-31-36-58-60-43-52(35-40-62(60)68-63(58)41-49)67(51-33-29-48(30-34-51)54-26-14-16-28-57(54)56-27-15-13-25-53(56)46-21-9-3-10-22-46)61-39-38-55(47-23-11-4-12-24-47)66-65(61)59-37-32-50(42-64(59)69-66)45-19-7-2-8-20-45/h1-43H. The third-order valence-electron chi connectivity index (χ3n) is 13.5. The molecule has 0 radical (unpaired) electrons. The van der Waals surface area contributed by atoms with Crippen molar-refractivity contribution in [1.29, 1.82) is 0 Å². The van der Waals surface area contributed by atoms with E-state index in [0.29, 0.717) is 0 Å². The number of benzene rings is 11. The normalized spacial score (nSPS) is 11.5. The number of hydrogen-bond donors (Lipinski definition) is 0. The van der Waals surface area contributed by atoms with Gasteiger partial charge in [0.25, 0.3) is 0 Å². The van der Waals surface area contributed by atoms with E-state index in [1.165, 1.54) is 107 Å². The monoisotopic (exact) mass is 913 g/mol. The minimum absolute atomic E-state index is 1.10. The summed E-state index contributed by atoms with van der Waals surface area (Å²) in [5.74, 6) is 0. The van der Waals surface area contributed by atoms with Gasteiger partial charge in [0.1, 0.15) is 0 Å². The molecule has 1 nitrogen and oxygen atoms in total. The molecule has 13 rings (SSSR count). The molecule has 0 unspecified atom stereocenters. The van der Waals surface area contributed by atoms with E-state index in [2.05, 4.69) is 266 Å². The predicted octanol–water partition coefficient (Wildman–Crippen LogP) is 19.9. The lowest BCUT2D eigenvalue weighted by Crippen LogP contribution is -2.10. The molecule has 0 aliphatic heterocycles. The van der Waals surface area contributed by atoms with E-state index >= 15 is 0 Å². The van der Waals surface area contributed by atoms with E-state index in [1.54, 1.807) is 0 Å². The average molecular weight is 914 g/mol. The van der Waals surface area contributed by atoms with Crippen molar-refractivity contribution >= 4 is 80.1 Å². The molecule has 0 spiro atoms. The second-order valence-corrected chi connectivity index (χ2v) is 19.7. The van der Waals surface area contributed by atoms with Crippen LogP contribution in [0.15, 0.2) is 261 Å². The van der Waals surface area contributed by atoms with E-state index in [9.17, 15) is 0 Å². The van der Waals surface area contributed by atoms with Crippen LogP contribution in [0.4, 0.5) is 17.1 Å². The van der Waals surface area contributed by atoms with E-state index in [4.69, 9.17) is 0 Å². The maximum Gasteiger partial charge on any atom is 0.0555 e. The molecule has 13 aromatic rings. The van der Waals surface area contributed by atoms with E-state index in [-0.39, 0.29) is 0 Å². The van der Waals surface area contributed by atoms with Gasteiger partial charge in [-0.05, 0) is 115 Å². The second-order valence-electron chi connectivity index (χ2n) is 17.6. The zero-order valence-corrected chi connectivity index (χ0v) is 39.2. The smallest absolute Gasteiger partial charge is 0.0555 e. The molecule has 0 saturated heterocycles. The summed E-state index contributed by atoms with van der Waals surface area (Å²) in [6.07, 6.45) is 0. The fourth-order valence-electron chi connectivity index (χ4n) is 10.2. The van der Waals surface area contributed by atoms with Gasteiger partial charge in [-0.15, -0.1) is 22.7 Å². The molecule has 0 bridgehead atoms. The minimum Gasteiger partial charge on any atom is -0.310 e. The highest BCUT2D eigenvalue weighted by molar-refractivity contribution is 7.26. The van der Waals surface area contributed by atoms with Crippen molar-refractivity contribution in [1.82, 2.24) is 0 Å². The first-order valence-corrected chi connectivity index (χ1v) is 25.1. The Bertz CT molecular complexity index is 3980. The molecule has 2 aromatic heterocycles. The Morgan fingerprint density at radius 1 is 0.246 bits per heavy atom. The molecule has 0 atom stereocenters. The third kappa shape index (κ3) is 7.41. The first-order valence-electron chi connectivity index (χ1n) is 23.5. The zero-order valence-electron chi connectivity index (χ0n) is 37.6. The van der Waals surface area contributed by atoms with Gasteiger partial charge in [-0.3, -0.25) is 0 Å². The first kappa shape index (κ1) is 40.9. The number of nitrogens with zero attached hydrogens (tertiary/aromatic N) is 1. The van der Waals surface area contributed by atoms with Crippen molar-refractivity contribution in [2.75, 3.05) is 4.90 Å². The predicted molar refractivity (Wildman–Crippen MR) is 300 cm³/mol. The highest BCUT2D eigenvalue weighted by Gasteiger charge is 2.23. The maximum atomic E-state index is 2.50. The Morgan fingerprint density at radius 2 is 0.696 bits per heavy atom. The molecule has 0 fully saturated rings. The van der Waals surface area contributed by atoms with E-state index in [0.717, 1.165) is 17.1 Å². The summed E-state index contributed by atoms with van der Waals surface area (Å²) in [6, 6.07) is 95.6. The summed E-state index contributed by atoms with van der Waals surface area (Å²) in [6.45, 7) is 0. The van der Waals surface area contributed by atoms with Crippen LogP contribution in [0.1, 0.15) is 0 Å². The van der Waals surface area contributed by atoms with Crippen LogP contribution in [0.5, 0.6) is 0 Å². The van der Waals surface area contributed by atoms with Crippen LogP contribution in [0.2, 0.25) is 0 Å². The average Bonchev–Trinajstić information content (AvgIpc) is 4.00. The van der Waals surface area contributed by atoms with Gasteiger partial charge in [-0.2, -0.15) is 0 Å². The van der Waals surface area contributed by atoms with Crippen LogP contribution in [0, 0.1) is 0 Å². The summed E-state index contributed by atoms with van der Waals surface area (Å²) < 4.78 is 5.12. The van der Waals surface area contributed by atoms with Crippen LogP contribution in [0.3, 0.4) is 0 Å². The molecule has 0 N–H and O–H groups in total. The third-order valence-corrected chi connectivity index (χ3v) is 15.8. The molecule has 3 heteroatoms. The topological polar surface area (TPSA) is 3.24 Å². The van der Waals surface area contributed by atoms with Gasteiger partial charge >= 0.3 is 0 Å². The first-order chi connectivity index (χ1) is 34.2. The molecular weight excluding hydrogens is 871 g/mol. The fraction of sp³-hybridized carbons (Fsp3) is 0. The quantitative estimate of drug-likeness (QED) is 0.139. The van der Waals surface area contributed by atoms with Gasteiger partial charge in [-0.1, -0.05) is 212 Å². The zero-order chi connectivity index (χ0) is 45.7. The molecule has 69 heavy (non-hydrogen) atoms. The van der Waals surface area contributed by atoms with Gasteiger partial charge in [0.2, 0.25) is 0 Å². The second kappa shape index (κ2) is 17.4. The molecule has 0 amide bonds. The highest BCUT2D eigenvalue weighted by atomic mass is 32.1. The van der Waals surface area contributed by atoms with Crippen LogP contribution in [-0.2, 0) is 0 Å². The van der Waals surface area contributed by atoms with Crippen molar-refractivity contribution in [2.45, 2.75) is 0 Å². The van der Waals surface area contributed by atoms with Crippen molar-refractivity contribution in [3.63, 3.8) is 0 Å². The lowest BCUT2D eigenvalue weighted by molar-refractivity contribution is 1.31. The molecule has 0 aliphatic carbocycles. The Hall–Kier alpha value is -8.34. The molecule has 0 saturated carbocycles. The van der Waals surface area contributed by atoms with Gasteiger partial charge in [0.15, 0.2) is 0 Å². The van der Waals surface area contributed by atoms with Crippen molar-refractivity contribution in [2.24, 2.45) is 0 Å². The Balaban J connectivity index is 1.01. The van der Waals surface area contributed by atoms with Gasteiger partial charge < -0.3 is 4.90 Å². The van der Waals surface area contributed by atoms with E-state index in [1.807, 2.05) is 22.7 Å². The Kier molecular flexibility index (Phi) is 10.3. The van der Waals surface area contributed by atoms with Crippen LogP contribution in [0.25, 0.3) is 107 Å². The maximum absolute atomic E-state index is 2.50. The van der Waals surface area contributed by atoms with Crippen LogP contribution >= 0.6 is 22.7 Å². The van der Waals surface area contributed by atoms with Gasteiger partial charge in [-0.25, -0.2) is 0 Å². The van der Waals surface area contributed by atoms with Crippen molar-refractivity contribution in [3.8, 4) is 66.8 Å². The molecule has 324 valence electrons. The minimum atomic E-state index is 1.10. The van der Waals surface area contributed by atoms with Crippen molar-refractivity contribution < 1.29 is 0 Å². The number of hydrogen-bond acceptors (Lipinski definition) is 3. The van der Waals surface area contributed by atoms with Crippen LogP contribution in [-0.4, -0.2) is 0 Å². The fourth-order valence-corrected chi connectivity index (χ4v) is 12.6. The van der Waals surface area contributed by atoms with Crippen LogP contribution < -0.4 is 4.90 Å². The lowest BCUT2D eigenvalue weighted by Gasteiger charge is -2.27. The molecule has 11 aromatic carbocycles. The number of thiophene rings is 2. The number of fused-ring (bicyclic) bond motifs is 6. The van der Waals surface area contributed by atoms with Gasteiger partial charge in [0, 0.05) is 51.7 Å². The summed E-state index contributed by atoms with van der Waals surface area (Å²) in [5, 5.41) is 5.05. The summed E-state index contributed by atoms with van der Waals surface area (Å²) in [7, 11) is 0. The Morgan fingerprint density at radius 3 is 1.28 bits per heavy atom. The number of anilines is 3. The molecule has 0 aliphatic rings. The summed E-state index contributed by atoms with van der Waals surface area (Å²) in [5.41, 5.74) is 18.0. The SMILES string of the molecule is c1ccc(-c2ccc3c(c2)sc2ccc(N(c4ccc(-c5ccccc5-c5ccccc5-c5ccccc5)cc4)c4ccc(-c5ccccc5)c5sc6cc(-c7ccccc7)ccc6c45)cc23)cc1. The lowest BCUT2D eigenvalue weighted by atomic mass is 9.89. The summed E-state index contributed by atoms with van der Waals surface area (Å²) in [4.78, 5) is 2.50. The highest BCUT2D eigenvalue weighted by Crippen LogP contribution is 2.50. The van der Waals surface area contributed by atoms with Gasteiger partial charge in [0.05, 0.1) is 5.69 Å². The summed E-state index contributed by atoms with van der Waals surface area (Å²) >= 11 is 3.76. The van der Waals surface area contributed by atoms with E-state index < -0.39 is 0 Å². The van der Waals surface area contributed by atoms with Crippen molar-refractivity contribution in [3.05, 3.63) is 261 Å². The number of rotatable bonds is 9. The Labute approximate surface area is 410 Å².